The van der Waals surface area contributed by atoms with E-state index in [-0.39, 0.29) is 29.7 Å². The van der Waals surface area contributed by atoms with Crippen molar-refractivity contribution in [1.29, 1.82) is 0 Å². The van der Waals surface area contributed by atoms with Crippen molar-refractivity contribution in [3.63, 3.8) is 0 Å². The van der Waals surface area contributed by atoms with Crippen LogP contribution in [0.5, 0.6) is 0 Å². The van der Waals surface area contributed by atoms with Crippen LogP contribution in [0.4, 0.5) is 0 Å². The van der Waals surface area contributed by atoms with Gasteiger partial charge in [0.2, 0.25) is 0 Å². The molecule has 0 bridgehead atoms. The molecule has 138 valence electrons. The number of hydrogen-bond donors (Lipinski definition) is 0. The second kappa shape index (κ2) is 9.76. The second-order valence-corrected chi connectivity index (χ2v) is 6.74. The minimum Gasteiger partial charge on any atom is -0.462 e. The number of rotatable bonds is 8. The van der Waals surface area contributed by atoms with E-state index in [9.17, 15) is 9.59 Å². The number of esters is 2. The quantitative estimate of drug-likeness (QED) is 0.650. The summed E-state index contributed by atoms with van der Waals surface area (Å²) in [5.74, 6) is -0.0658. The zero-order valence-corrected chi connectivity index (χ0v) is 15.6. The third-order valence-corrected chi connectivity index (χ3v) is 4.77. The van der Waals surface area contributed by atoms with Gasteiger partial charge in [-0.1, -0.05) is 57.2 Å². The lowest BCUT2D eigenvalue weighted by Crippen LogP contribution is -2.26. The van der Waals surface area contributed by atoms with Crippen LogP contribution in [-0.2, 0) is 9.47 Å². The van der Waals surface area contributed by atoms with Gasteiger partial charge in [0.1, 0.15) is 0 Å². The highest BCUT2D eigenvalue weighted by atomic mass is 16.5. The second-order valence-electron chi connectivity index (χ2n) is 6.74. The SMILES string of the molecule is CC(COC(=O)c1ccccc1)C(C)C(C)COC(=O)c1ccccc1. The van der Waals surface area contributed by atoms with Crippen LogP contribution in [0.25, 0.3) is 0 Å². The summed E-state index contributed by atoms with van der Waals surface area (Å²) < 4.78 is 10.8. The average molecular weight is 354 g/mol. The first-order valence-electron chi connectivity index (χ1n) is 8.93. The molecule has 0 spiro atoms. The fourth-order valence-electron chi connectivity index (χ4n) is 2.59. The first-order chi connectivity index (χ1) is 12.5. The van der Waals surface area contributed by atoms with E-state index >= 15 is 0 Å². The smallest absolute Gasteiger partial charge is 0.338 e. The number of benzene rings is 2. The van der Waals surface area contributed by atoms with Gasteiger partial charge in [0, 0.05) is 0 Å². The zero-order valence-electron chi connectivity index (χ0n) is 15.6. The Kier molecular flexibility index (Phi) is 7.39. The largest absolute Gasteiger partial charge is 0.462 e. The van der Waals surface area contributed by atoms with Crippen molar-refractivity contribution in [3.05, 3.63) is 71.8 Å². The Morgan fingerprint density at radius 3 is 1.38 bits per heavy atom. The molecule has 2 rings (SSSR count). The molecule has 2 aromatic rings. The Morgan fingerprint density at radius 1 is 0.692 bits per heavy atom. The predicted octanol–water partition coefficient (Wildman–Crippen LogP) is 4.61. The van der Waals surface area contributed by atoms with Crippen LogP contribution in [0, 0.1) is 17.8 Å². The molecule has 2 unspecified atom stereocenters. The van der Waals surface area contributed by atoms with Gasteiger partial charge >= 0.3 is 11.9 Å². The predicted molar refractivity (Wildman–Crippen MR) is 101 cm³/mol. The lowest BCUT2D eigenvalue weighted by Gasteiger charge is -2.25. The minimum atomic E-state index is -0.312. The van der Waals surface area contributed by atoms with Crippen molar-refractivity contribution in [2.75, 3.05) is 13.2 Å². The molecular weight excluding hydrogens is 328 g/mol. The third kappa shape index (κ3) is 5.73. The highest BCUT2D eigenvalue weighted by molar-refractivity contribution is 5.89. The first-order valence-corrected chi connectivity index (χ1v) is 8.93. The van der Waals surface area contributed by atoms with Gasteiger partial charge in [-0.15, -0.1) is 0 Å². The maximum absolute atomic E-state index is 12.0. The number of hydrogen-bond acceptors (Lipinski definition) is 4. The molecule has 4 nitrogen and oxygen atoms in total. The Morgan fingerprint density at radius 2 is 1.04 bits per heavy atom. The van der Waals surface area contributed by atoms with Gasteiger partial charge in [-0.05, 0) is 42.0 Å². The van der Waals surface area contributed by atoms with Gasteiger partial charge in [0.25, 0.3) is 0 Å². The Bertz CT molecular complexity index is 635. The molecule has 0 aliphatic rings. The van der Waals surface area contributed by atoms with E-state index in [1.807, 2.05) is 50.2 Å². The summed E-state index contributed by atoms with van der Waals surface area (Å²) in [6, 6.07) is 17.9. The monoisotopic (exact) mass is 354 g/mol. The molecule has 26 heavy (non-hydrogen) atoms. The summed E-state index contributed by atoms with van der Waals surface area (Å²) in [4.78, 5) is 24.0. The van der Waals surface area contributed by atoms with Crippen molar-refractivity contribution in [3.8, 4) is 0 Å². The fourth-order valence-corrected chi connectivity index (χ4v) is 2.59. The van der Waals surface area contributed by atoms with Crippen LogP contribution in [0.2, 0.25) is 0 Å². The normalized spacial score (nSPS) is 14.1. The van der Waals surface area contributed by atoms with Gasteiger partial charge < -0.3 is 9.47 Å². The first kappa shape index (κ1) is 19.7. The molecule has 2 aromatic carbocycles. The molecule has 0 radical (unpaired) electrons. The summed E-state index contributed by atoms with van der Waals surface area (Å²) in [5.41, 5.74) is 1.11. The molecular formula is C22H26O4. The van der Waals surface area contributed by atoms with Gasteiger partial charge in [-0.25, -0.2) is 9.59 Å². The van der Waals surface area contributed by atoms with E-state index in [1.165, 1.54) is 0 Å². The standard InChI is InChI=1S/C22H26O4/c1-16(14-25-21(23)19-10-6-4-7-11-19)18(3)17(2)15-26-22(24)20-12-8-5-9-13-20/h4-13,16-18H,14-15H2,1-3H3. The Labute approximate surface area is 155 Å². The number of carbonyl (C=O) groups excluding carboxylic acids is 2. The van der Waals surface area contributed by atoms with E-state index < -0.39 is 0 Å². The van der Waals surface area contributed by atoms with Gasteiger partial charge in [0.05, 0.1) is 24.3 Å². The van der Waals surface area contributed by atoms with Crippen LogP contribution in [0.1, 0.15) is 41.5 Å². The Hall–Kier alpha value is -2.62. The van der Waals surface area contributed by atoms with E-state index in [4.69, 9.17) is 9.47 Å². The van der Waals surface area contributed by atoms with Crippen molar-refractivity contribution >= 4 is 11.9 Å². The van der Waals surface area contributed by atoms with E-state index in [0.717, 1.165) is 0 Å². The maximum Gasteiger partial charge on any atom is 0.338 e. The lowest BCUT2D eigenvalue weighted by atomic mass is 9.86. The molecule has 0 N–H and O–H groups in total. The van der Waals surface area contributed by atoms with Crippen LogP contribution in [0.15, 0.2) is 60.7 Å². The average Bonchev–Trinajstić information content (AvgIpc) is 2.70. The summed E-state index contributed by atoms with van der Waals surface area (Å²) in [6.07, 6.45) is 0. The van der Waals surface area contributed by atoms with E-state index in [1.54, 1.807) is 24.3 Å². The molecule has 0 heterocycles. The summed E-state index contributed by atoms with van der Waals surface area (Å²) >= 11 is 0. The zero-order chi connectivity index (χ0) is 18.9. The molecule has 0 saturated heterocycles. The molecule has 4 heteroatoms. The Balaban J connectivity index is 1.77. The summed E-state index contributed by atoms with van der Waals surface area (Å²) in [6.45, 7) is 6.84. The van der Waals surface area contributed by atoms with Crippen LogP contribution in [0.3, 0.4) is 0 Å². The molecule has 0 aromatic heterocycles. The van der Waals surface area contributed by atoms with E-state index in [2.05, 4.69) is 6.92 Å². The van der Waals surface area contributed by atoms with Crippen LogP contribution < -0.4 is 0 Å². The topological polar surface area (TPSA) is 52.6 Å². The van der Waals surface area contributed by atoms with Gasteiger partial charge in [0.15, 0.2) is 0 Å². The fraction of sp³-hybridized carbons (Fsp3) is 0.364. The number of carbonyl (C=O) groups is 2. The van der Waals surface area contributed by atoms with Crippen LogP contribution in [-0.4, -0.2) is 25.2 Å². The maximum atomic E-state index is 12.0. The lowest BCUT2D eigenvalue weighted by molar-refractivity contribution is 0.0284. The molecule has 0 saturated carbocycles. The summed E-state index contributed by atoms with van der Waals surface area (Å²) in [7, 11) is 0. The third-order valence-electron chi connectivity index (χ3n) is 4.77. The molecule has 0 aliphatic heterocycles. The molecule has 2 atom stereocenters. The highest BCUT2D eigenvalue weighted by Gasteiger charge is 2.22. The summed E-state index contributed by atoms with van der Waals surface area (Å²) in [5, 5.41) is 0. The molecule has 0 amide bonds. The van der Waals surface area contributed by atoms with Crippen LogP contribution >= 0.6 is 0 Å². The van der Waals surface area contributed by atoms with Crippen molar-refractivity contribution in [2.45, 2.75) is 20.8 Å². The van der Waals surface area contributed by atoms with Crippen molar-refractivity contribution in [1.82, 2.24) is 0 Å². The van der Waals surface area contributed by atoms with Gasteiger partial charge in [-0.3, -0.25) is 0 Å². The van der Waals surface area contributed by atoms with E-state index in [0.29, 0.717) is 24.3 Å². The molecule has 0 fully saturated rings. The molecule has 0 aliphatic carbocycles. The minimum absolute atomic E-state index is 0.160. The van der Waals surface area contributed by atoms with Gasteiger partial charge in [-0.2, -0.15) is 0 Å². The number of ether oxygens (including phenoxy) is 2. The van der Waals surface area contributed by atoms with Crippen molar-refractivity contribution < 1.29 is 19.1 Å². The highest BCUT2D eigenvalue weighted by Crippen LogP contribution is 2.22. The van der Waals surface area contributed by atoms with Crippen molar-refractivity contribution in [2.24, 2.45) is 17.8 Å².